The fourth-order valence-electron chi connectivity index (χ4n) is 1.34. The second-order valence-corrected chi connectivity index (χ2v) is 3.85. The molecular formula is C12H19NO. The van der Waals surface area contributed by atoms with Gasteiger partial charge in [0.1, 0.15) is 5.75 Å². The zero-order chi connectivity index (χ0) is 10.4. The van der Waals surface area contributed by atoms with Gasteiger partial charge in [0.25, 0.3) is 0 Å². The van der Waals surface area contributed by atoms with E-state index in [4.69, 9.17) is 4.74 Å². The lowest BCUT2D eigenvalue weighted by Crippen LogP contribution is -1.99. The number of aromatic nitrogens is 1. The summed E-state index contributed by atoms with van der Waals surface area (Å²) in [5, 5.41) is 0. The zero-order valence-corrected chi connectivity index (χ0v) is 9.29. The van der Waals surface area contributed by atoms with Crippen LogP contribution in [0.2, 0.25) is 0 Å². The zero-order valence-electron chi connectivity index (χ0n) is 9.29. The Kier molecular flexibility index (Phi) is 4.44. The standard InChI is InChI=1S/C12H19NO/c1-4-14-12-9-13-8-7-11(12)6-5-10(2)3/h7-10H,4-6H2,1-3H3. The van der Waals surface area contributed by atoms with Gasteiger partial charge < -0.3 is 4.74 Å². The maximum Gasteiger partial charge on any atom is 0.140 e. The first-order chi connectivity index (χ1) is 6.74. The third kappa shape index (κ3) is 3.36. The molecule has 2 heteroatoms. The van der Waals surface area contributed by atoms with Crippen molar-refractivity contribution in [1.82, 2.24) is 4.98 Å². The number of hydrogen-bond donors (Lipinski definition) is 0. The van der Waals surface area contributed by atoms with E-state index in [9.17, 15) is 0 Å². The van der Waals surface area contributed by atoms with E-state index < -0.39 is 0 Å². The topological polar surface area (TPSA) is 22.1 Å². The third-order valence-electron chi connectivity index (χ3n) is 2.16. The molecule has 1 aromatic heterocycles. The number of hydrogen-bond acceptors (Lipinski definition) is 2. The van der Waals surface area contributed by atoms with Crippen LogP contribution in [0.25, 0.3) is 0 Å². The van der Waals surface area contributed by atoms with Crippen LogP contribution in [-0.4, -0.2) is 11.6 Å². The van der Waals surface area contributed by atoms with Crippen molar-refractivity contribution in [3.8, 4) is 5.75 Å². The molecule has 78 valence electrons. The van der Waals surface area contributed by atoms with Crippen molar-refractivity contribution in [3.63, 3.8) is 0 Å². The summed E-state index contributed by atoms with van der Waals surface area (Å²) in [4.78, 5) is 4.07. The molecule has 0 unspecified atom stereocenters. The summed E-state index contributed by atoms with van der Waals surface area (Å²) in [7, 11) is 0. The lowest BCUT2D eigenvalue weighted by Gasteiger charge is -2.10. The minimum atomic E-state index is 0.709. The molecule has 0 saturated carbocycles. The Bertz CT molecular complexity index is 271. The van der Waals surface area contributed by atoms with Gasteiger partial charge in [0.2, 0.25) is 0 Å². The molecule has 14 heavy (non-hydrogen) atoms. The quantitative estimate of drug-likeness (QED) is 0.717. The van der Waals surface area contributed by atoms with E-state index in [1.807, 2.05) is 19.2 Å². The van der Waals surface area contributed by atoms with Crippen molar-refractivity contribution in [2.75, 3.05) is 6.61 Å². The Morgan fingerprint density at radius 1 is 1.43 bits per heavy atom. The molecule has 1 rings (SSSR count). The largest absolute Gasteiger partial charge is 0.492 e. The van der Waals surface area contributed by atoms with Crippen molar-refractivity contribution in [3.05, 3.63) is 24.0 Å². The highest BCUT2D eigenvalue weighted by molar-refractivity contribution is 5.29. The average molecular weight is 193 g/mol. The molecule has 0 aromatic carbocycles. The number of ether oxygens (including phenoxy) is 1. The smallest absolute Gasteiger partial charge is 0.140 e. The van der Waals surface area contributed by atoms with Gasteiger partial charge in [0.05, 0.1) is 12.8 Å². The molecule has 0 spiro atoms. The van der Waals surface area contributed by atoms with Gasteiger partial charge in [-0.3, -0.25) is 4.98 Å². The molecule has 0 amide bonds. The molecule has 0 saturated heterocycles. The second kappa shape index (κ2) is 5.63. The number of aryl methyl sites for hydroxylation is 1. The summed E-state index contributed by atoms with van der Waals surface area (Å²) in [5.41, 5.74) is 1.27. The highest BCUT2D eigenvalue weighted by Gasteiger charge is 2.03. The molecule has 1 aromatic rings. The van der Waals surface area contributed by atoms with Crippen molar-refractivity contribution < 1.29 is 4.74 Å². The predicted octanol–water partition coefficient (Wildman–Crippen LogP) is 3.07. The first-order valence-electron chi connectivity index (χ1n) is 5.29. The van der Waals surface area contributed by atoms with Crippen LogP contribution >= 0.6 is 0 Å². The number of nitrogens with zero attached hydrogens (tertiary/aromatic N) is 1. The van der Waals surface area contributed by atoms with Gasteiger partial charge in [-0.25, -0.2) is 0 Å². The summed E-state index contributed by atoms with van der Waals surface area (Å²) >= 11 is 0. The van der Waals surface area contributed by atoms with Gasteiger partial charge in [-0.05, 0) is 37.3 Å². The Morgan fingerprint density at radius 2 is 2.21 bits per heavy atom. The molecule has 0 radical (unpaired) electrons. The van der Waals surface area contributed by atoms with Crippen molar-refractivity contribution in [2.24, 2.45) is 5.92 Å². The minimum absolute atomic E-state index is 0.709. The maximum absolute atomic E-state index is 5.51. The lowest BCUT2D eigenvalue weighted by molar-refractivity contribution is 0.334. The van der Waals surface area contributed by atoms with Crippen molar-refractivity contribution in [2.45, 2.75) is 33.6 Å². The van der Waals surface area contributed by atoms with Crippen LogP contribution in [-0.2, 0) is 6.42 Å². The highest BCUT2D eigenvalue weighted by atomic mass is 16.5. The third-order valence-corrected chi connectivity index (χ3v) is 2.16. The lowest BCUT2D eigenvalue weighted by atomic mass is 10.0. The monoisotopic (exact) mass is 193 g/mol. The fraction of sp³-hybridized carbons (Fsp3) is 0.583. The van der Waals surface area contributed by atoms with Gasteiger partial charge in [0.15, 0.2) is 0 Å². The summed E-state index contributed by atoms with van der Waals surface area (Å²) < 4.78 is 5.51. The Labute approximate surface area is 86.3 Å². The Hall–Kier alpha value is -1.05. The average Bonchev–Trinajstić information content (AvgIpc) is 2.17. The van der Waals surface area contributed by atoms with Gasteiger partial charge in [-0.2, -0.15) is 0 Å². The summed E-state index contributed by atoms with van der Waals surface area (Å²) in [6.45, 7) is 7.18. The first-order valence-corrected chi connectivity index (χ1v) is 5.29. The maximum atomic E-state index is 5.51. The van der Waals surface area contributed by atoms with Crippen LogP contribution in [0.5, 0.6) is 5.75 Å². The van der Waals surface area contributed by atoms with Crippen LogP contribution in [0.3, 0.4) is 0 Å². The first kappa shape index (κ1) is 11.0. The van der Waals surface area contributed by atoms with Gasteiger partial charge in [-0.15, -0.1) is 0 Å². The summed E-state index contributed by atoms with van der Waals surface area (Å²) in [6.07, 6.45) is 5.91. The van der Waals surface area contributed by atoms with E-state index in [-0.39, 0.29) is 0 Å². The van der Waals surface area contributed by atoms with E-state index in [0.717, 1.165) is 18.1 Å². The normalized spacial score (nSPS) is 10.6. The van der Waals surface area contributed by atoms with Crippen LogP contribution in [0.15, 0.2) is 18.5 Å². The highest BCUT2D eigenvalue weighted by Crippen LogP contribution is 2.19. The molecule has 0 aliphatic heterocycles. The fourth-order valence-corrected chi connectivity index (χ4v) is 1.34. The van der Waals surface area contributed by atoms with Crippen molar-refractivity contribution in [1.29, 1.82) is 0 Å². The molecule has 0 aliphatic carbocycles. The molecule has 0 fully saturated rings. The van der Waals surface area contributed by atoms with E-state index in [2.05, 4.69) is 18.8 Å². The number of rotatable bonds is 5. The molecule has 0 atom stereocenters. The minimum Gasteiger partial charge on any atom is -0.492 e. The molecule has 2 nitrogen and oxygen atoms in total. The number of pyridine rings is 1. The van der Waals surface area contributed by atoms with E-state index >= 15 is 0 Å². The summed E-state index contributed by atoms with van der Waals surface area (Å²) in [6, 6.07) is 2.05. The van der Waals surface area contributed by atoms with Crippen LogP contribution < -0.4 is 4.74 Å². The molecule has 0 bridgehead atoms. The molecule has 0 aliphatic rings. The van der Waals surface area contributed by atoms with Crippen LogP contribution in [0.4, 0.5) is 0 Å². The Morgan fingerprint density at radius 3 is 2.86 bits per heavy atom. The second-order valence-electron chi connectivity index (χ2n) is 3.85. The van der Waals surface area contributed by atoms with Gasteiger partial charge >= 0.3 is 0 Å². The van der Waals surface area contributed by atoms with Crippen LogP contribution in [0, 0.1) is 5.92 Å². The van der Waals surface area contributed by atoms with Gasteiger partial charge in [0, 0.05) is 6.20 Å². The van der Waals surface area contributed by atoms with Gasteiger partial charge in [-0.1, -0.05) is 13.8 Å². The predicted molar refractivity (Wildman–Crippen MR) is 58.6 cm³/mol. The molecular weight excluding hydrogens is 174 g/mol. The van der Waals surface area contributed by atoms with E-state index in [1.165, 1.54) is 12.0 Å². The van der Waals surface area contributed by atoms with E-state index in [1.54, 1.807) is 6.20 Å². The van der Waals surface area contributed by atoms with Crippen molar-refractivity contribution >= 4 is 0 Å². The molecule has 0 N–H and O–H groups in total. The van der Waals surface area contributed by atoms with Crippen LogP contribution in [0.1, 0.15) is 32.8 Å². The molecule has 1 heterocycles. The summed E-state index contributed by atoms with van der Waals surface area (Å²) in [5.74, 6) is 1.67. The SMILES string of the molecule is CCOc1cnccc1CCC(C)C. The Balaban J connectivity index is 2.64. The van der Waals surface area contributed by atoms with E-state index in [0.29, 0.717) is 6.61 Å².